The van der Waals surface area contributed by atoms with Gasteiger partial charge >= 0.3 is 6.09 Å². The molecule has 0 aromatic carbocycles. The smallest absolute Gasteiger partial charge is 0.408 e. The van der Waals surface area contributed by atoms with E-state index < -0.39 is 21.6 Å². The molecule has 1 aromatic heterocycles. The van der Waals surface area contributed by atoms with Gasteiger partial charge in [-0.1, -0.05) is 6.92 Å². The molecule has 0 saturated carbocycles. The van der Waals surface area contributed by atoms with Gasteiger partial charge in [0, 0.05) is 0 Å². The second-order valence-electron chi connectivity index (χ2n) is 4.58. The quantitative estimate of drug-likeness (QED) is 0.473. The lowest BCUT2D eigenvalue weighted by Gasteiger charge is -2.22. The third-order valence-corrected chi connectivity index (χ3v) is 2.60. The van der Waals surface area contributed by atoms with Gasteiger partial charge in [-0.3, -0.25) is 4.79 Å². The molecular weight excluding hydrogens is 378 g/mol. The van der Waals surface area contributed by atoms with Crippen LogP contribution in [0.5, 0.6) is 0 Å². The average Bonchev–Trinajstić information content (AvgIpc) is 2.34. The van der Waals surface area contributed by atoms with Gasteiger partial charge in [-0.25, -0.2) is 14.2 Å². The number of alkyl carbamates (subject to hydrolysis) is 1. The van der Waals surface area contributed by atoms with Crippen LogP contribution in [-0.2, 0) is 4.74 Å². The minimum atomic E-state index is -0.670. The number of nitrogens with zero attached hydrogens (tertiary/aromatic N) is 1. The van der Waals surface area contributed by atoms with Crippen molar-refractivity contribution in [2.24, 2.45) is 0 Å². The summed E-state index contributed by atoms with van der Waals surface area (Å²) in [5.41, 5.74) is 0.143. The lowest BCUT2D eigenvalue weighted by atomic mass is 10.1. The Morgan fingerprint density at radius 2 is 2.25 bits per heavy atom. The number of amides is 1. The molecule has 1 rings (SSSR count). The van der Waals surface area contributed by atoms with E-state index in [0.717, 1.165) is 6.07 Å². The third-order valence-electron chi connectivity index (χ3n) is 2.38. The predicted octanol–water partition coefficient (Wildman–Crippen LogP) is 3.38. The summed E-state index contributed by atoms with van der Waals surface area (Å²) in [5.74, 6) is -0.573. The van der Waals surface area contributed by atoms with Gasteiger partial charge in [0.1, 0.15) is 11.5 Å². The molecule has 0 fully saturated rings. The molecule has 1 heterocycles. The number of ether oxygens (including phenoxy) is 1. The summed E-state index contributed by atoms with van der Waals surface area (Å²) < 4.78 is 18.2. The van der Waals surface area contributed by atoms with Gasteiger partial charge in [0.2, 0.25) is 0 Å². The Morgan fingerprint density at radius 1 is 1.60 bits per heavy atom. The first kappa shape index (κ1) is 16.8. The normalized spacial score (nSPS) is 12.7. The molecule has 1 N–H and O–H groups in total. The molecule has 0 spiro atoms. The zero-order valence-corrected chi connectivity index (χ0v) is 13.6. The number of aromatic nitrogens is 1. The first-order valence-corrected chi connectivity index (χ1v) is 7.14. The van der Waals surface area contributed by atoms with Crippen LogP contribution in [0.4, 0.5) is 9.18 Å². The Bertz CT molecular complexity index is 503. The van der Waals surface area contributed by atoms with Crippen molar-refractivity contribution in [3.63, 3.8) is 0 Å². The van der Waals surface area contributed by atoms with Gasteiger partial charge in [0.15, 0.2) is 9.89 Å². The summed E-state index contributed by atoms with van der Waals surface area (Å²) in [6.45, 7) is 5.22. The van der Waals surface area contributed by atoms with Crippen LogP contribution in [0.15, 0.2) is 12.1 Å². The highest BCUT2D eigenvalue weighted by Gasteiger charge is 2.23. The van der Waals surface area contributed by atoms with Crippen LogP contribution in [0.2, 0.25) is 0 Å². The fourth-order valence-corrected chi connectivity index (χ4v) is 1.74. The second kappa shape index (κ2) is 6.96. The highest BCUT2D eigenvalue weighted by atomic mass is 127. The second-order valence-corrected chi connectivity index (χ2v) is 7.18. The Morgan fingerprint density at radius 3 is 2.75 bits per heavy atom. The number of pyridine rings is 1. The number of nitrogens with one attached hydrogen (secondary N) is 1. The number of halogens is 2. The summed E-state index contributed by atoms with van der Waals surface area (Å²) in [4.78, 5) is 26.3. The molecule has 1 unspecified atom stereocenters. The van der Waals surface area contributed by atoms with Crippen LogP contribution >= 0.6 is 22.6 Å². The molecule has 0 aliphatic rings. The molecule has 0 radical (unpaired) electrons. The number of aldehydes is 1. The largest absolute Gasteiger partial charge is 0.433 e. The Kier molecular flexibility index (Phi) is 5.85. The Labute approximate surface area is 130 Å². The van der Waals surface area contributed by atoms with E-state index >= 15 is 0 Å². The Balaban J connectivity index is 2.91. The minimum absolute atomic E-state index is 0.0281. The zero-order chi connectivity index (χ0) is 15.3. The van der Waals surface area contributed by atoms with Gasteiger partial charge in [-0.05, 0) is 55.0 Å². The van der Waals surface area contributed by atoms with Crippen molar-refractivity contribution in [3.8, 4) is 0 Å². The van der Waals surface area contributed by atoms with Crippen LogP contribution in [0.1, 0.15) is 49.4 Å². The molecule has 110 valence electrons. The number of hydrogen-bond acceptors (Lipinski definition) is 4. The average molecular weight is 394 g/mol. The number of carbonyl (C=O) groups is 2. The van der Waals surface area contributed by atoms with Gasteiger partial charge in [0.05, 0.1) is 11.7 Å². The van der Waals surface area contributed by atoms with Crippen molar-refractivity contribution in [1.82, 2.24) is 10.3 Å². The fraction of sp³-hybridized carbons (Fsp3) is 0.462. The molecule has 1 atom stereocenters. The van der Waals surface area contributed by atoms with Crippen LogP contribution < -0.4 is 5.32 Å². The first-order chi connectivity index (χ1) is 9.26. The molecule has 0 bridgehead atoms. The summed E-state index contributed by atoms with van der Waals surface area (Å²) in [7, 11) is 0. The van der Waals surface area contributed by atoms with Crippen LogP contribution in [0.25, 0.3) is 0 Å². The first-order valence-electron chi connectivity index (χ1n) is 6.07. The van der Waals surface area contributed by atoms with Crippen LogP contribution in [0.3, 0.4) is 0 Å². The predicted molar refractivity (Wildman–Crippen MR) is 80.3 cm³/mol. The summed E-state index contributed by atoms with van der Waals surface area (Å²) in [6.07, 6.45) is 0.291. The summed E-state index contributed by atoms with van der Waals surface area (Å²) in [5, 5.41) is 2.55. The molecular formula is C13H16FIN2O3. The lowest BCUT2D eigenvalue weighted by Crippen LogP contribution is -2.34. The maximum atomic E-state index is 13.8. The molecule has 0 aliphatic carbocycles. The maximum Gasteiger partial charge on any atom is 0.408 e. The molecule has 20 heavy (non-hydrogen) atoms. The monoisotopic (exact) mass is 394 g/mol. The van der Waals surface area contributed by atoms with Crippen LogP contribution in [0, 0.1) is 5.82 Å². The van der Waals surface area contributed by atoms with E-state index in [2.05, 4.69) is 10.3 Å². The van der Waals surface area contributed by atoms with Gasteiger partial charge in [0.25, 0.3) is 0 Å². The third kappa shape index (κ3) is 5.03. The molecule has 0 aliphatic heterocycles. The van der Waals surface area contributed by atoms with Gasteiger partial charge in [-0.15, -0.1) is 0 Å². The summed E-state index contributed by atoms with van der Waals surface area (Å²) >= 11 is 1.96. The van der Waals surface area contributed by atoms with Crippen molar-refractivity contribution in [2.75, 3.05) is 0 Å². The Hall–Kier alpha value is -1.25. The number of rotatable bonds is 5. The van der Waals surface area contributed by atoms with E-state index in [1.165, 1.54) is 6.07 Å². The van der Waals surface area contributed by atoms with Crippen molar-refractivity contribution in [3.05, 3.63) is 29.3 Å². The lowest BCUT2D eigenvalue weighted by molar-refractivity contribution is 0.103. The van der Waals surface area contributed by atoms with Crippen molar-refractivity contribution in [1.29, 1.82) is 0 Å². The maximum absolute atomic E-state index is 13.8. The minimum Gasteiger partial charge on any atom is -0.433 e. The molecule has 7 heteroatoms. The number of carbonyl (C=O) groups excluding carboxylic acids is 2. The van der Waals surface area contributed by atoms with Crippen LogP contribution in [-0.4, -0.2) is 21.0 Å². The molecule has 1 aromatic rings. The van der Waals surface area contributed by atoms with Gasteiger partial charge in [-0.2, -0.15) is 0 Å². The van der Waals surface area contributed by atoms with E-state index in [-0.39, 0.29) is 11.4 Å². The standard InChI is InChI=1S/C13H16FIN2O3/c1-4-10(17-12(19)20-13(2,3)15)11-9(14)6-5-8(7-18)16-11/h5-7,10H,4H2,1-3H3,(H,17,19). The van der Waals surface area contributed by atoms with E-state index in [1.54, 1.807) is 20.8 Å². The van der Waals surface area contributed by atoms with E-state index in [9.17, 15) is 14.0 Å². The SMILES string of the molecule is CCC(NC(=O)OC(C)(C)I)c1nc(C=O)ccc1F. The van der Waals surface area contributed by atoms with E-state index in [4.69, 9.17) is 4.74 Å². The topological polar surface area (TPSA) is 68.3 Å². The van der Waals surface area contributed by atoms with Gasteiger partial charge < -0.3 is 10.1 Å². The van der Waals surface area contributed by atoms with Crippen molar-refractivity contribution in [2.45, 2.75) is 36.8 Å². The highest BCUT2D eigenvalue weighted by molar-refractivity contribution is 14.1. The summed E-state index contributed by atoms with van der Waals surface area (Å²) in [6, 6.07) is 1.79. The molecule has 5 nitrogen and oxygen atoms in total. The number of alkyl halides is 1. The molecule has 0 saturated heterocycles. The molecule has 1 amide bonds. The van der Waals surface area contributed by atoms with Crippen molar-refractivity contribution >= 4 is 35.0 Å². The van der Waals surface area contributed by atoms with E-state index in [1.807, 2.05) is 22.6 Å². The fourth-order valence-electron chi connectivity index (χ4n) is 1.54. The van der Waals surface area contributed by atoms with E-state index in [0.29, 0.717) is 12.7 Å². The highest BCUT2D eigenvalue weighted by Crippen LogP contribution is 2.21. The number of hydrogen-bond donors (Lipinski definition) is 1. The zero-order valence-electron chi connectivity index (χ0n) is 11.4. The van der Waals surface area contributed by atoms with Crippen molar-refractivity contribution < 1.29 is 18.7 Å².